The highest BCUT2D eigenvalue weighted by atomic mass is 19.1. The van der Waals surface area contributed by atoms with E-state index in [1.165, 1.54) is 19.2 Å². The van der Waals surface area contributed by atoms with Crippen molar-refractivity contribution in [2.75, 3.05) is 7.11 Å². The molecule has 0 radical (unpaired) electrons. The molecule has 0 aliphatic heterocycles. The van der Waals surface area contributed by atoms with E-state index in [1.54, 1.807) is 37.3 Å². The van der Waals surface area contributed by atoms with E-state index < -0.39 is 6.10 Å². The van der Waals surface area contributed by atoms with Crippen molar-refractivity contribution in [2.45, 2.75) is 19.6 Å². The van der Waals surface area contributed by atoms with Crippen LogP contribution in [0, 0.1) is 5.82 Å². The fraction of sp³-hybridized carbons (Fsp3) is 0.250. The molecule has 0 unspecified atom stereocenters. The lowest BCUT2D eigenvalue weighted by Gasteiger charge is -2.13. The SMILES string of the molecule is COc1cc([C@@H](C)O)ccc1OCc1cccc(F)c1. The summed E-state index contributed by atoms with van der Waals surface area (Å²) in [7, 11) is 1.54. The van der Waals surface area contributed by atoms with Gasteiger partial charge in [-0.25, -0.2) is 4.39 Å². The zero-order valence-electron chi connectivity index (χ0n) is 11.5. The maximum atomic E-state index is 13.1. The van der Waals surface area contributed by atoms with Crippen molar-refractivity contribution in [1.82, 2.24) is 0 Å². The number of benzene rings is 2. The Morgan fingerprint density at radius 1 is 1.15 bits per heavy atom. The molecule has 1 atom stereocenters. The highest BCUT2D eigenvalue weighted by molar-refractivity contribution is 5.43. The molecule has 106 valence electrons. The van der Waals surface area contributed by atoms with Gasteiger partial charge in [0, 0.05) is 0 Å². The Labute approximate surface area is 117 Å². The zero-order valence-corrected chi connectivity index (χ0v) is 11.5. The molecule has 1 N–H and O–H groups in total. The molecule has 0 aromatic heterocycles. The van der Waals surface area contributed by atoms with Crippen molar-refractivity contribution in [3.05, 3.63) is 59.4 Å². The van der Waals surface area contributed by atoms with Crippen molar-refractivity contribution >= 4 is 0 Å². The molecular formula is C16H17FO3. The Balaban J connectivity index is 2.13. The summed E-state index contributed by atoms with van der Waals surface area (Å²) < 4.78 is 23.9. The molecule has 4 heteroatoms. The fourth-order valence-electron chi connectivity index (χ4n) is 1.85. The number of hydrogen-bond acceptors (Lipinski definition) is 3. The topological polar surface area (TPSA) is 38.7 Å². The van der Waals surface area contributed by atoms with E-state index in [9.17, 15) is 9.50 Å². The summed E-state index contributed by atoms with van der Waals surface area (Å²) in [5.74, 6) is 0.809. The predicted octanol–water partition coefficient (Wildman–Crippen LogP) is 3.47. The third-order valence-corrected chi connectivity index (χ3v) is 2.95. The van der Waals surface area contributed by atoms with Crippen LogP contribution in [-0.2, 0) is 6.61 Å². The molecule has 0 fully saturated rings. The molecular weight excluding hydrogens is 259 g/mol. The van der Waals surface area contributed by atoms with Gasteiger partial charge in [0.15, 0.2) is 11.5 Å². The Morgan fingerprint density at radius 2 is 1.95 bits per heavy atom. The summed E-state index contributed by atoms with van der Waals surface area (Å²) in [5.41, 5.74) is 1.49. The number of rotatable bonds is 5. The molecule has 0 saturated heterocycles. The molecule has 0 saturated carbocycles. The van der Waals surface area contributed by atoms with E-state index in [2.05, 4.69) is 0 Å². The molecule has 2 aromatic rings. The molecule has 0 aliphatic rings. The summed E-state index contributed by atoms with van der Waals surface area (Å²) in [4.78, 5) is 0. The van der Waals surface area contributed by atoms with Gasteiger partial charge in [-0.1, -0.05) is 18.2 Å². The van der Waals surface area contributed by atoms with E-state index in [0.29, 0.717) is 11.5 Å². The first kappa shape index (κ1) is 14.3. The largest absolute Gasteiger partial charge is 0.493 e. The molecule has 20 heavy (non-hydrogen) atoms. The van der Waals surface area contributed by atoms with Gasteiger partial charge in [-0.2, -0.15) is 0 Å². The maximum Gasteiger partial charge on any atom is 0.161 e. The highest BCUT2D eigenvalue weighted by Crippen LogP contribution is 2.30. The molecule has 0 spiro atoms. The Hall–Kier alpha value is -2.07. The molecule has 0 bridgehead atoms. The van der Waals surface area contributed by atoms with E-state index in [-0.39, 0.29) is 12.4 Å². The van der Waals surface area contributed by atoms with Gasteiger partial charge in [-0.3, -0.25) is 0 Å². The average Bonchev–Trinajstić information content (AvgIpc) is 2.45. The van der Waals surface area contributed by atoms with Crippen LogP contribution in [0.25, 0.3) is 0 Å². The first-order chi connectivity index (χ1) is 9.60. The summed E-state index contributed by atoms with van der Waals surface area (Å²) >= 11 is 0. The minimum absolute atomic E-state index is 0.252. The van der Waals surface area contributed by atoms with Crippen LogP contribution in [0.3, 0.4) is 0 Å². The van der Waals surface area contributed by atoms with Gasteiger partial charge in [0.2, 0.25) is 0 Å². The number of halogens is 1. The number of aliphatic hydroxyl groups excluding tert-OH is 1. The second-order valence-electron chi connectivity index (χ2n) is 4.50. The standard InChI is InChI=1S/C16H17FO3/c1-11(18)13-6-7-15(16(9-13)19-2)20-10-12-4-3-5-14(17)8-12/h3-9,11,18H,10H2,1-2H3/t11-/m1/s1. The third-order valence-electron chi connectivity index (χ3n) is 2.95. The van der Waals surface area contributed by atoms with Gasteiger partial charge >= 0.3 is 0 Å². The monoisotopic (exact) mass is 276 g/mol. The smallest absolute Gasteiger partial charge is 0.161 e. The van der Waals surface area contributed by atoms with E-state index in [0.717, 1.165) is 11.1 Å². The zero-order chi connectivity index (χ0) is 14.5. The van der Waals surface area contributed by atoms with Crippen LogP contribution in [0.2, 0.25) is 0 Å². The third kappa shape index (κ3) is 3.48. The van der Waals surface area contributed by atoms with Gasteiger partial charge in [-0.15, -0.1) is 0 Å². The molecule has 3 nitrogen and oxygen atoms in total. The van der Waals surface area contributed by atoms with Crippen LogP contribution < -0.4 is 9.47 Å². The molecule has 2 aromatic carbocycles. The first-order valence-electron chi connectivity index (χ1n) is 6.33. The summed E-state index contributed by atoms with van der Waals surface area (Å²) in [6.07, 6.45) is -0.568. The number of methoxy groups -OCH3 is 1. The summed E-state index contributed by atoms with van der Waals surface area (Å²) in [5, 5.41) is 9.53. The Kier molecular flexibility index (Phi) is 4.58. The van der Waals surface area contributed by atoms with E-state index >= 15 is 0 Å². The maximum absolute atomic E-state index is 13.1. The second kappa shape index (κ2) is 6.39. The van der Waals surface area contributed by atoms with Crippen molar-refractivity contribution in [1.29, 1.82) is 0 Å². The lowest BCUT2D eigenvalue weighted by molar-refractivity contribution is 0.198. The molecule has 0 aliphatic carbocycles. The van der Waals surface area contributed by atoms with E-state index in [4.69, 9.17) is 9.47 Å². The second-order valence-corrected chi connectivity index (χ2v) is 4.50. The van der Waals surface area contributed by atoms with E-state index in [1.807, 2.05) is 0 Å². The fourth-order valence-corrected chi connectivity index (χ4v) is 1.85. The summed E-state index contributed by atoms with van der Waals surface area (Å²) in [6.45, 7) is 1.93. The van der Waals surface area contributed by atoms with Crippen molar-refractivity contribution < 1.29 is 19.0 Å². The summed E-state index contributed by atoms with van der Waals surface area (Å²) in [6, 6.07) is 11.5. The molecule has 0 amide bonds. The molecule has 0 heterocycles. The van der Waals surface area contributed by atoms with Gasteiger partial charge in [0.25, 0.3) is 0 Å². The van der Waals surface area contributed by atoms with Crippen molar-refractivity contribution in [3.8, 4) is 11.5 Å². The molecule has 2 rings (SSSR count). The van der Waals surface area contributed by atoms with Gasteiger partial charge in [0.1, 0.15) is 12.4 Å². The van der Waals surface area contributed by atoms with Crippen LogP contribution in [0.5, 0.6) is 11.5 Å². The minimum atomic E-state index is -0.568. The quantitative estimate of drug-likeness (QED) is 0.908. The predicted molar refractivity (Wildman–Crippen MR) is 74.4 cm³/mol. The van der Waals surface area contributed by atoms with Crippen LogP contribution >= 0.6 is 0 Å². The van der Waals surface area contributed by atoms with Crippen LogP contribution in [0.1, 0.15) is 24.2 Å². The minimum Gasteiger partial charge on any atom is -0.493 e. The van der Waals surface area contributed by atoms with Gasteiger partial charge in [0.05, 0.1) is 13.2 Å². The van der Waals surface area contributed by atoms with Crippen molar-refractivity contribution in [2.24, 2.45) is 0 Å². The normalized spacial score (nSPS) is 12.0. The Bertz CT molecular complexity index is 582. The number of hydrogen-bond donors (Lipinski definition) is 1. The lowest BCUT2D eigenvalue weighted by Crippen LogP contribution is -1.99. The van der Waals surface area contributed by atoms with Gasteiger partial charge in [-0.05, 0) is 42.3 Å². The Morgan fingerprint density at radius 3 is 2.60 bits per heavy atom. The van der Waals surface area contributed by atoms with Crippen LogP contribution in [0.4, 0.5) is 4.39 Å². The highest BCUT2D eigenvalue weighted by Gasteiger charge is 2.09. The lowest BCUT2D eigenvalue weighted by atomic mass is 10.1. The van der Waals surface area contributed by atoms with Crippen LogP contribution in [0.15, 0.2) is 42.5 Å². The number of ether oxygens (including phenoxy) is 2. The average molecular weight is 276 g/mol. The number of aliphatic hydroxyl groups is 1. The first-order valence-corrected chi connectivity index (χ1v) is 6.33. The van der Waals surface area contributed by atoms with Gasteiger partial charge < -0.3 is 14.6 Å². The van der Waals surface area contributed by atoms with Crippen LogP contribution in [-0.4, -0.2) is 12.2 Å². The van der Waals surface area contributed by atoms with Crippen molar-refractivity contribution in [3.63, 3.8) is 0 Å².